The van der Waals surface area contributed by atoms with Gasteiger partial charge in [-0.3, -0.25) is 9.59 Å². The smallest absolute Gasteiger partial charge is 0.312 e. The van der Waals surface area contributed by atoms with E-state index in [1.54, 1.807) is 0 Å². The quantitative estimate of drug-likeness (QED) is 0.576. The molecule has 21 heavy (non-hydrogen) atoms. The predicted molar refractivity (Wildman–Crippen MR) is 79.6 cm³/mol. The summed E-state index contributed by atoms with van der Waals surface area (Å²) in [5.41, 5.74) is -0.881. The molecule has 0 aliphatic heterocycles. The first kappa shape index (κ1) is 16.3. The molecule has 2 rings (SSSR count). The number of esters is 2. The third kappa shape index (κ3) is 3.58. The number of hydrogen-bond donors (Lipinski definition) is 0. The molecule has 0 aromatic heterocycles. The van der Waals surface area contributed by atoms with Gasteiger partial charge in [0, 0.05) is 0 Å². The van der Waals surface area contributed by atoms with Crippen LogP contribution in [0.25, 0.3) is 0 Å². The molecule has 0 saturated heterocycles. The molecule has 2 aliphatic carbocycles. The molecule has 120 valence electrons. The first-order valence-corrected chi connectivity index (χ1v) is 8.17. The standard InChI is InChI=1S/C17H28O4/c1-5-6-9-20-15(19)17-8-7-12(10-17)13(11-17)14(18)21-16(2,3)4/h12-13H,5-11H2,1-4H3. The van der Waals surface area contributed by atoms with Crippen molar-refractivity contribution in [3.63, 3.8) is 0 Å². The first-order chi connectivity index (χ1) is 9.77. The maximum Gasteiger partial charge on any atom is 0.312 e. The molecule has 4 heteroatoms. The van der Waals surface area contributed by atoms with Crippen molar-refractivity contribution in [2.24, 2.45) is 17.3 Å². The molecule has 2 fully saturated rings. The number of unbranched alkanes of at least 4 members (excludes halogenated alkanes) is 1. The Morgan fingerprint density at radius 3 is 2.57 bits per heavy atom. The van der Waals surface area contributed by atoms with Crippen molar-refractivity contribution in [3.8, 4) is 0 Å². The summed E-state index contributed by atoms with van der Waals surface area (Å²) in [6, 6.07) is 0. The molecule has 2 saturated carbocycles. The van der Waals surface area contributed by atoms with Gasteiger partial charge in [-0.25, -0.2) is 0 Å². The summed E-state index contributed by atoms with van der Waals surface area (Å²) < 4.78 is 10.9. The predicted octanol–water partition coefficient (Wildman–Crippen LogP) is 3.48. The fraction of sp³-hybridized carbons (Fsp3) is 0.882. The number of ether oxygens (including phenoxy) is 2. The van der Waals surface area contributed by atoms with E-state index in [1.807, 2.05) is 20.8 Å². The summed E-state index contributed by atoms with van der Waals surface area (Å²) in [4.78, 5) is 24.7. The lowest BCUT2D eigenvalue weighted by atomic mass is 9.80. The fourth-order valence-electron chi connectivity index (χ4n) is 3.67. The molecule has 0 radical (unpaired) electrons. The van der Waals surface area contributed by atoms with Crippen LogP contribution in [0.1, 0.15) is 66.2 Å². The van der Waals surface area contributed by atoms with Crippen LogP contribution in [0.15, 0.2) is 0 Å². The zero-order chi connectivity index (χ0) is 15.7. The van der Waals surface area contributed by atoms with E-state index >= 15 is 0 Å². The van der Waals surface area contributed by atoms with E-state index in [0.29, 0.717) is 18.9 Å². The fourth-order valence-corrected chi connectivity index (χ4v) is 3.67. The Hall–Kier alpha value is -1.06. The minimum Gasteiger partial charge on any atom is -0.465 e. The molecule has 0 N–H and O–H groups in total. The topological polar surface area (TPSA) is 52.6 Å². The second kappa shape index (κ2) is 5.98. The molecule has 4 nitrogen and oxygen atoms in total. The molecule has 0 amide bonds. The molecule has 3 unspecified atom stereocenters. The number of fused-ring (bicyclic) bond motifs is 2. The zero-order valence-corrected chi connectivity index (χ0v) is 13.7. The largest absolute Gasteiger partial charge is 0.465 e. The molecular weight excluding hydrogens is 268 g/mol. The lowest BCUT2D eigenvalue weighted by molar-refractivity contribution is -0.163. The van der Waals surface area contributed by atoms with E-state index in [-0.39, 0.29) is 17.9 Å². The summed E-state index contributed by atoms with van der Waals surface area (Å²) in [6.07, 6.45) is 5.12. The van der Waals surface area contributed by atoms with Gasteiger partial charge in [-0.15, -0.1) is 0 Å². The van der Waals surface area contributed by atoms with Crippen molar-refractivity contribution in [3.05, 3.63) is 0 Å². The highest BCUT2D eigenvalue weighted by Crippen LogP contribution is 2.58. The van der Waals surface area contributed by atoms with Crippen LogP contribution in [0.5, 0.6) is 0 Å². The Morgan fingerprint density at radius 1 is 1.24 bits per heavy atom. The highest BCUT2D eigenvalue weighted by atomic mass is 16.6. The zero-order valence-electron chi connectivity index (χ0n) is 13.7. The van der Waals surface area contributed by atoms with Gasteiger partial charge in [0.25, 0.3) is 0 Å². The highest BCUT2D eigenvalue weighted by Gasteiger charge is 2.58. The van der Waals surface area contributed by atoms with E-state index in [1.165, 1.54) is 0 Å². The van der Waals surface area contributed by atoms with Crippen LogP contribution in [0.4, 0.5) is 0 Å². The van der Waals surface area contributed by atoms with Crippen LogP contribution in [0.3, 0.4) is 0 Å². The van der Waals surface area contributed by atoms with Gasteiger partial charge in [-0.05, 0) is 58.8 Å². The lowest BCUT2D eigenvalue weighted by Crippen LogP contribution is -2.35. The van der Waals surface area contributed by atoms with Crippen molar-refractivity contribution in [1.82, 2.24) is 0 Å². The van der Waals surface area contributed by atoms with Crippen LogP contribution in [0, 0.1) is 17.3 Å². The van der Waals surface area contributed by atoms with Crippen molar-refractivity contribution in [2.45, 2.75) is 71.8 Å². The normalized spacial score (nSPS) is 31.2. The van der Waals surface area contributed by atoms with Gasteiger partial charge >= 0.3 is 11.9 Å². The second-order valence-electron chi connectivity index (χ2n) is 7.62. The average Bonchev–Trinajstić information content (AvgIpc) is 2.96. The summed E-state index contributed by atoms with van der Waals surface area (Å²) >= 11 is 0. The van der Waals surface area contributed by atoms with Crippen LogP contribution in [-0.2, 0) is 19.1 Å². The molecule has 2 bridgehead atoms. The van der Waals surface area contributed by atoms with Crippen LogP contribution in [-0.4, -0.2) is 24.1 Å². The van der Waals surface area contributed by atoms with E-state index < -0.39 is 11.0 Å². The van der Waals surface area contributed by atoms with Gasteiger partial charge in [0.15, 0.2) is 0 Å². The summed E-state index contributed by atoms with van der Waals surface area (Å²) in [5, 5.41) is 0. The van der Waals surface area contributed by atoms with E-state index in [4.69, 9.17) is 9.47 Å². The van der Waals surface area contributed by atoms with Gasteiger partial charge in [-0.2, -0.15) is 0 Å². The molecular formula is C17H28O4. The van der Waals surface area contributed by atoms with E-state index in [0.717, 1.165) is 32.1 Å². The molecule has 0 spiro atoms. The van der Waals surface area contributed by atoms with Crippen LogP contribution in [0.2, 0.25) is 0 Å². The Kier molecular flexibility index (Phi) is 4.64. The number of carbonyl (C=O) groups excluding carboxylic acids is 2. The Morgan fingerprint density at radius 2 is 1.95 bits per heavy atom. The Labute approximate surface area is 127 Å². The molecule has 0 heterocycles. The van der Waals surface area contributed by atoms with Crippen molar-refractivity contribution in [1.29, 1.82) is 0 Å². The van der Waals surface area contributed by atoms with Gasteiger partial charge in [-0.1, -0.05) is 13.3 Å². The van der Waals surface area contributed by atoms with E-state index in [9.17, 15) is 9.59 Å². The minimum atomic E-state index is -0.465. The van der Waals surface area contributed by atoms with E-state index in [2.05, 4.69) is 6.92 Å². The van der Waals surface area contributed by atoms with Gasteiger partial charge in [0.2, 0.25) is 0 Å². The van der Waals surface area contributed by atoms with Crippen molar-refractivity contribution in [2.75, 3.05) is 6.61 Å². The number of carbonyl (C=O) groups is 2. The molecule has 3 atom stereocenters. The summed E-state index contributed by atoms with van der Waals surface area (Å²) in [7, 11) is 0. The van der Waals surface area contributed by atoms with Gasteiger partial charge in [0.1, 0.15) is 5.60 Å². The first-order valence-electron chi connectivity index (χ1n) is 8.17. The monoisotopic (exact) mass is 296 g/mol. The number of hydrogen-bond acceptors (Lipinski definition) is 4. The molecule has 0 aromatic rings. The maximum absolute atomic E-state index is 12.4. The van der Waals surface area contributed by atoms with Gasteiger partial charge in [0.05, 0.1) is 17.9 Å². The van der Waals surface area contributed by atoms with Crippen LogP contribution < -0.4 is 0 Å². The Bertz CT molecular complexity index is 410. The molecule has 0 aromatic carbocycles. The second-order valence-corrected chi connectivity index (χ2v) is 7.62. The third-order valence-corrected chi connectivity index (χ3v) is 4.70. The van der Waals surface area contributed by atoms with Crippen molar-refractivity contribution >= 4 is 11.9 Å². The number of rotatable bonds is 5. The summed E-state index contributed by atoms with van der Waals surface area (Å²) in [6.45, 7) is 8.22. The molecule has 2 aliphatic rings. The average molecular weight is 296 g/mol. The highest BCUT2D eigenvalue weighted by molar-refractivity contribution is 5.81. The lowest BCUT2D eigenvalue weighted by Gasteiger charge is -2.29. The van der Waals surface area contributed by atoms with Crippen LogP contribution >= 0.6 is 0 Å². The minimum absolute atomic E-state index is 0.0930. The van der Waals surface area contributed by atoms with Gasteiger partial charge < -0.3 is 9.47 Å². The SMILES string of the molecule is CCCCOC(=O)C12CCC(C1)C(C(=O)OC(C)(C)C)C2. The summed E-state index contributed by atoms with van der Waals surface area (Å²) in [5.74, 6) is -0.0739. The Balaban J connectivity index is 1.96. The maximum atomic E-state index is 12.4. The third-order valence-electron chi connectivity index (χ3n) is 4.70. The van der Waals surface area contributed by atoms with Crippen molar-refractivity contribution < 1.29 is 19.1 Å².